The topological polar surface area (TPSA) is 58.6 Å². The molecule has 0 aliphatic carbocycles. The molecule has 0 aromatic heterocycles. The first-order valence-corrected chi connectivity index (χ1v) is 9.85. The van der Waals surface area contributed by atoms with E-state index in [9.17, 15) is 9.59 Å². The van der Waals surface area contributed by atoms with Crippen LogP contribution < -0.4 is 10.1 Å². The molecular formula is C20H21Cl3N2O3. The Morgan fingerprint density at radius 3 is 2.25 bits per heavy atom. The number of likely N-dealkylation sites (N-methyl/N-ethyl adjacent to an activating group) is 1. The van der Waals surface area contributed by atoms with Gasteiger partial charge in [-0.1, -0.05) is 40.9 Å². The maximum Gasteiger partial charge on any atom is 0.261 e. The number of carbonyl (C=O) groups excluding carboxylic acids is 2. The van der Waals surface area contributed by atoms with Crippen LogP contribution in [0.3, 0.4) is 0 Å². The lowest BCUT2D eigenvalue weighted by atomic mass is 10.1. The van der Waals surface area contributed by atoms with Crippen molar-refractivity contribution in [1.29, 1.82) is 0 Å². The Labute approximate surface area is 179 Å². The van der Waals surface area contributed by atoms with Gasteiger partial charge in [0.25, 0.3) is 5.91 Å². The summed E-state index contributed by atoms with van der Waals surface area (Å²) in [7, 11) is 0. The van der Waals surface area contributed by atoms with Crippen molar-refractivity contribution >= 4 is 46.6 Å². The number of nitrogens with zero attached hydrogens (tertiary/aromatic N) is 1. The molecule has 0 unspecified atom stereocenters. The number of ether oxygens (including phenoxy) is 1. The molecule has 0 aliphatic rings. The van der Waals surface area contributed by atoms with E-state index in [-0.39, 0.29) is 25.0 Å². The minimum Gasteiger partial charge on any atom is -0.484 e. The quantitative estimate of drug-likeness (QED) is 0.650. The van der Waals surface area contributed by atoms with Crippen LogP contribution in [0.2, 0.25) is 15.1 Å². The molecule has 2 amide bonds. The van der Waals surface area contributed by atoms with Crippen LogP contribution in [0.5, 0.6) is 5.75 Å². The van der Waals surface area contributed by atoms with Crippen molar-refractivity contribution < 1.29 is 14.3 Å². The highest BCUT2D eigenvalue weighted by atomic mass is 35.5. The van der Waals surface area contributed by atoms with Crippen LogP contribution in [0, 0.1) is 0 Å². The highest BCUT2D eigenvalue weighted by Crippen LogP contribution is 2.26. The molecule has 0 radical (unpaired) electrons. The normalized spacial score (nSPS) is 11.6. The fourth-order valence-corrected chi connectivity index (χ4v) is 3.16. The third kappa shape index (κ3) is 6.03. The first-order valence-electron chi connectivity index (χ1n) is 8.72. The number of hydrogen-bond acceptors (Lipinski definition) is 3. The second kappa shape index (κ2) is 10.6. The lowest BCUT2D eigenvalue weighted by molar-refractivity contribution is -0.142. The Kier molecular flexibility index (Phi) is 8.42. The molecule has 1 N–H and O–H groups in total. The van der Waals surface area contributed by atoms with Gasteiger partial charge in [0.2, 0.25) is 5.91 Å². The van der Waals surface area contributed by atoms with E-state index < -0.39 is 6.04 Å². The van der Waals surface area contributed by atoms with Gasteiger partial charge >= 0.3 is 0 Å². The van der Waals surface area contributed by atoms with Crippen LogP contribution in [-0.4, -0.2) is 35.9 Å². The minimum absolute atomic E-state index is 0.0830. The number of hydrogen-bond donors (Lipinski definition) is 1. The van der Waals surface area contributed by atoms with Crippen molar-refractivity contribution in [3.63, 3.8) is 0 Å². The Morgan fingerprint density at radius 2 is 1.68 bits per heavy atom. The Balaban J connectivity index is 2.20. The molecule has 0 aliphatic heterocycles. The van der Waals surface area contributed by atoms with E-state index in [4.69, 9.17) is 39.5 Å². The van der Waals surface area contributed by atoms with Crippen molar-refractivity contribution in [2.45, 2.75) is 26.4 Å². The van der Waals surface area contributed by atoms with Crippen LogP contribution >= 0.6 is 34.8 Å². The van der Waals surface area contributed by atoms with Crippen LogP contribution in [-0.2, 0) is 16.1 Å². The van der Waals surface area contributed by atoms with Gasteiger partial charge in [-0.05, 0) is 50.2 Å². The molecule has 28 heavy (non-hydrogen) atoms. The summed E-state index contributed by atoms with van der Waals surface area (Å²) in [6.45, 7) is 3.76. The average molecular weight is 444 g/mol. The Bertz CT molecular complexity index is 808. The summed E-state index contributed by atoms with van der Waals surface area (Å²) in [6.07, 6.45) is 0. The molecule has 8 heteroatoms. The number of carbonyl (C=O) groups is 2. The molecule has 0 bridgehead atoms. The molecule has 0 saturated heterocycles. The third-order valence-electron chi connectivity index (χ3n) is 4.08. The van der Waals surface area contributed by atoms with E-state index in [0.717, 1.165) is 0 Å². The second-order valence-electron chi connectivity index (χ2n) is 6.04. The number of nitrogens with one attached hydrogen (secondary N) is 1. The molecule has 5 nitrogen and oxygen atoms in total. The van der Waals surface area contributed by atoms with Gasteiger partial charge in [0.1, 0.15) is 11.8 Å². The van der Waals surface area contributed by atoms with Gasteiger partial charge in [0, 0.05) is 33.7 Å². The average Bonchev–Trinajstić information content (AvgIpc) is 2.67. The molecule has 1 atom stereocenters. The summed E-state index contributed by atoms with van der Waals surface area (Å²) >= 11 is 18.3. The summed E-state index contributed by atoms with van der Waals surface area (Å²) in [5, 5.41) is 4.14. The lowest BCUT2D eigenvalue weighted by Crippen LogP contribution is -2.49. The zero-order chi connectivity index (χ0) is 20.7. The van der Waals surface area contributed by atoms with Gasteiger partial charge in [0.05, 0.1) is 0 Å². The van der Waals surface area contributed by atoms with E-state index in [1.54, 1.807) is 49.4 Å². The molecule has 0 spiro atoms. The van der Waals surface area contributed by atoms with Crippen LogP contribution in [0.4, 0.5) is 0 Å². The number of benzene rings is 2. The van der Waals surface area contributed by atoms with Crippen molar-refractivity contribution in [2.75, 3.05) is 13.2 Å². The standard InChI is InChI=1S/C20H21Cl3N2O3/c1-3-24-20(27)13(2)25(11-16-17(22)5-4-6-18(16)23)19(26)12-28-15-9-7-14(21)8-10-15/h4-10,13H,3,11-12H2,1-2H3,(H,24,27)/t13-/m0/s1. The zero-order valence-electron chi connectivity index (χ0n) is 15.5. The maximum absolute atomic E-state index is 12.9. The van der Waals surface area contributed by atoms with Crippen LogP contribution in [0.1, 0.15) is 19.4 Å². The molecule has 2 aromatic carbocycles. The predicted octanol–water partition coefficient (Wildman–Crippen LogP) is 4.58. The van der Waals surface area contributed by atoms with Crippen LogP contribution in [0.25, 0.3) is 0 Å². The SMILES string of the molecule is CCNC(=O)[C@H](C)N(Cc1c(Cl)cccc1Cl)C(=O)COc1ccc(Cl)cc1. The Morgan fingerprint density at radius 1 is 1.07 bits per heavy atom. The molecule has 0 heterocycles. The fraction of sp³-hybridized carbons (Fsp3) is 0.300. The molecular weight excluding hydrogens is 423 g/mol. The fourth-order valence-electron chi connectivity index (χ4n) is 2.52. The molecule has 2 aromatic rings. The molecule has 2 rings (SSSR count). The molecule has 150 valence electrons. The smallest absolute Gasteiger partial charge is 0.261 e. The largest absolute Gasteiger partial charge is 0.484 e. The highest BCUT2D eigenvalue weighted by Gasteiger charge is 2.27. The summed E-state index contributed by atoms with van der Waals surface area (Å²) in [6, 6.07) is 11.0. The van der Waals surface area contributed by atoms with Gasteiger partial charge in [-0.2, -0.15) is 0 Å². The van der Waals surface area contributed by atoms with Gasteiger partial charge in [-0.15, -0.1) is 0 Å². The van der Waals surface area contributed by atoms with Gasteiger partial charge in [-0.3, -0.25) is 9.59 Å². The van der Waals surface area contributed by atoms with Gasteiger partial charge < -0.3 is 15.0 Å². The summed E-state index contributed by atoms with van der Waals surface area (Å²) < 4.78 is 5.54. The summed E-state index contributed by atoms with van der Waals surface area (Å²) in [5.41, 5.74) is 0.571. The molecule has 0 saturated carbocycles. The summed E-state index contributed by atoms with van der Waals surface area (Å²) in [5.74, 6) is -0.144. The van der Waals surface area contributed by atoms with E-state index >= 15 is 0 Å². The van der Waals surface area contributed by atoms with E-state index in [0.29, 0.717) is 32.9 Å². The monoisotopic (exact) mass is 442 g/mol. The van der Waals surface area contributed by atoms with E-state index in [1.165, 1.54) is 4.90 Å². The van der Waals surface area contributed by atoms with E-state index in [2.05, 4.69) is 5.32 Å². The number of rotatable bonds is 8. The van der Waals surface area contributed by atoms with Crippen molar-refractivity contribution in [1.82, 2.24) is 10.2 Å². The van der Waals surface area contributed by atoms with E-state index in [1.807, 2.05) is 6.92 Å². The van der Waals surface area contributed by atoms with Crippen molar-refractivity contribution in [3.05, 3.63) is 63.1 Å². The van der Waals surface area contributed by atoms with Crippen LogP contribution in [0.15, 0.2) is 42.5 Å². The minimum atomic E-state index is -0.728. The summed E-state index contributed by atoms with van der Waals surface area (Å²) in [4.78, 5) is 26.6. The van der Waals surface area contributed by atoms with Crippen molar-refractivity contribution in [3.8, 4) is 5.75 Å². The number of halogens is 3. The first-order chi connectivity index (χ1) is 13.3. The van der Waals surface area contributed by atoms with Gasteiger partial charge in [-0.25, -0.2) is 0 Å². The zero-order valence-corrected chi connectivity index (χ0v) is 17.8. The molecule has 0 fully saturated rings. The first kappa shape index (κ1) is 22.3. The predicted molar refractivity (Wildman–Crippen MR) is 112 cm³/mol. The number of amides is 2. The van der Waals surface area contributed by atoms with Gasteiger partial charge in [0.15, 0.2) is 6.61 Å². The maximum atomic E-state index is 12.9. The third-order valence-corrected chi connectivity index (χ3v) is 5.04. The van der Waals surface area contributed by atoms with Crippen molar-refractivity contribution in [2.24, 2.45) is 0 Å². The lowest BCUT2D eigenvalue weighted by Gasteiger charge is -2.29. The second-order valence-corrected chi connectivity index (χ2v) is 7.29. The highest BCUT2D eigenvalue weighted by molar-refractivity contribution is 6.36. The Hall–Kier alpha value is -1.95.